The molecule has 0 aliphatic heterocycles. The van der Waals surface area contributed by atoms with Crippen LogP contribution in [-0.2, 0) is 9.47 Å². The van der Waals surface area contributed by atoms with Crippen molar-refractivity contribution in [3.8, 4) is 0 Å². The highest BCUT2D eigenvalue weighted by atomic mass is 79.9. The van der Waals surface area contributed by atoms with Crippen molar-refractivity contribution >= 4 is 33.4 Å². The number of nitrogens with one attached hydrogen (secondary N) is 1. The van der Waals surface area contributed by atoms with E-state index < -0.39 is 5.60 Å². The number of nitrogens with zero attached hydrogens (tertiary/aromatic N) is 1. The molecule has 0 saturated heterocycles. The fraction of sp³-hybridized carbons (Fsp3) is 0.688. The Kier molecular flexibility index (Phi) is 8.53. The van der Waals surface area contributed by atoms with Gasteiger partial charge in [-0.2, -0.15) is 0 Å². The second-order valence-electron chi connectivity index (χ2n) is 6.28. The highest BCUT2D eigenvalue weighted by molar-refractivity contribution is 9.11. The summed E-state index contributed by atoms with van der Waals surface area (Å²) in [6, 6.07) is 4.39. The molecule has 1 aromatic rings. The van der Waals surface area contributed by atoms with Crippen LogP contribution in [-0.4, -0.2) is 49.9 Å². The third-order valence-electron chi connectivity index (χ3n) is 3.07. The number of thiophene rings is 1. The van der Waals surface area contributed by atoms with Crippen molar-refractivity contribution in [2.24, 2.45) is 0 Å². The van der Waals surface area contributed by atoms with Gasteiger partial charge in [0.25, 0.3) is 0 Å². The van der Waals surface area contributed by atoms with Gasteiger partial charge in [0.05, 0.1) is 10.4 Å². The zero-order chi connectivity index (χ0) is 17.5. The molecule has 1 aromatic heterocycles. The van der Waals surface area contributed by atoms with Crippen LogP contribution in [0.5, 0.6) is 0 Å². The van der Waals surface area contributed by atoms with Gasteiger partial charge in [-0.1, -0.05) is 0 Å². The fourth-order valence-electron chi connectivity index (χ4n) is 1.90. The number of carbonyl (C=O) groups is 1. The van der Waals surface area contributed by atoms with Gasteiger partial charge in [0.15, 0.2) is 0 Å². The van der Waals surface area contributed by atoms with Gasteiger partial charge in [0, 0.05) is 37.7 Å². The van der Waals surface area contributed by atoms with E-state index in [0.717, 1.165) is 3.79 Å². The molecule has 1 atom stereocenters. The number of rotatable bonds is 8. The summed E-state index contributed by atoms with van der Waals surface area (Å²) in [6.45, 7) is 10.0. The monoisotopic (exact) mass is 406 g/mol. The van der Waals surface area contributed by atoms with E-state index in [9.17, 15) is 4.79 Å². The van der Waals surface area contributed by atoms with Crippen LogP contribution < -0.4 is 5.32 Å². The van der Waals surface area contributed by atoms with E-state index in [2.05, 4.69) is 34.2 Å². The van der Waals surface area contributed by atoms with Crippen LogP contribution in [0.3, 0.4) is 0 Å². The maximum Gasteiger partial charge on any atom is 0.410 e. The van der Waals surface area contributed by atoms with E-state index in [4.69, 9.17) is 9.47 Å². The minimum absolute atomic E-state index is 0.245. The van der Waals surface area contributed by atoms with Crippen molar-refractivity contribution in [1.82, 2.24) is 10.2 Å². The standard InChI is InChI=1S/C16H27BrN2O3S/c1-12(13-6-7-14(17)23-13)18-8-9-19(10-11-21-5)15(20)22-16(2,3)4/h6-7,12,18H,8-11H2,1-5H3. The van der Waals surface area contributed by atoms with Crippen LogP contribution in [0.1, 0.15) is 38.6 Å². The van der Waals surface area contributed by atoms with Crippen molar-refractivity contribution in [3.05, 3.63) is 20.8 Å². The molecule has 0 saturated carbocycles. The van der Waals surface area contributed by atoms with Crippen molar-refractivity contribution in [1.29, 1.82) is 0 Å². The lowest BCUT2D eigenvalue weighted by Crippen LogP contribution is -2.42. The number of hydrogen-bond acceptors (Lipinski definition) is 5. The van der Waals surface area contributed by atoms with Gasteiger partial charge < -0.3 is 19.7 Å². The Bertz CT molecular complexity index is 488. The molecule has 0 bridgehead atoms. The molecule has 1 rings (SSSR count). The maximum absolute atomic E-state index is 12.2. The first kappa shape index (κ1) is 20.4. The third kappa shape index (κ3) is 8.15. The molecule has 1 N–H and O–H groups in total. The largest absolute Gasteiger partial charge is 0.444 e. The molecule has 7 heteroatoms. The van der Waals surface area contributed by atoms with Gasteiger partial charge in [0.1, 0.15) is 5.60 Å². The Morgan fingerprint density at radius 3 is 2.61 bits per heavy atom. The van der Waals surface area contributed by atoms with Gasteiger partial charge in [-0.15, -0.1) is 11.3 Å². The summed E-state index contributed by atoms with van der Waals surface area (Å²) in [4.78, 5) is 15.2. The molecule has 0 spiro atoms. The highest BCUT2D eigenvalue weighted by Crippen LogP contribution is 2.26. The number of halogens is 1. The lowest BCUT2D eigenvalue weighted by Gasteiger charge is -2.27. The molecule has 0 fully saturated rings. The average molecular weight is 407 g/mol. The van der Waals surface area contributed by atoms with Gasteiger partial charge >= 0.3 is 6.09 Å². The van der Waals surface area contributed by atoms with Gasteiger partial charge in [-0.05, 0) is 55.8 Å². The minimum Gasteiger partial charge on any atom is -0.444 e. The van der Waals surface area contributed by atoms with E-state index in [-0.39, 0.29) is 12.1 Å². The first-order valence-electron chi connectivity index (χ1n) is 7.68. The predicted molar refractivity (Wildman–Crippen MR) is 98.1 cm³/mol. The Balaban J connectivity index is 2.48. The summed E-state index contributed by atoms with van der Waals surface area (Å²) in [6.07, 6.45) is -0.303. The molecule has 0 aliphatic rings. The minimum atomic E-state index is -0.494. The molecular formula is C16H27BrN2O3S. The second kappa shape index (κ2) is 9.61. The lowest BCUT2D eigenvalue weighted by atomic mass is 10.2. The van der Waals surface area contributed by atoms with E-state index >= 15 is 0 Å². The Labute approximate surface area is 151 Å². The summed E-state index contributed by atoms with van der Waals surface area (Å²) in [5.41, 5.74) is -0.494. The second-order valence-corrected chi connectivity index (χ2v) is 8.77. The summed E-state index contributed by atoms with van der Waals surface area (Å²) < 4.78 is 11.6. The normalized spacial score (nSPS) is 13.0. The molecule has 0 aromatic carbocycles. The molecule has 0 aliphatic carbocycles. The van der Waals surface area contributed by atoms with E-state index in [0.29, 0.717) is 26.2 Å². The van der Waals surface area contributed by atoms with Gasteiger partial charge in [0.2, 0.25) is 0 Å². The molecule has 132 valence electrons. The number of ether oxygens (including phenoxy) is 2. The number of methoxy groups -OCH3 is 1. The van der Waals surface area contributed by atoms with Crippen molar-refractivity contribution in [2.45, 2.75) is 39.3 Å². The number of carbonyl (C=O) groups excluding carboxylic acids is 1. The topological polar surface area (TPSA) is 50.8 Å². The van der Waals surface area contributed by atoms with Crippen molar-refractivity contribution < 1.29 is 14.3 Å². The van der Waals surface area contributed by atoms with Gasteiger partial charge in [-0.25, -0.2) is 4.79 Å². The maximum atomic E-state index is 12.2. The van der Waals surface area contributed by atoms with E-state index in [1.807, 2.05) is 26.8 Å². The highest BCUT2D eigenvalue weighted by Gasteiger charge is 2.21. The SMILES string of the molecule is COCCN(CCNC(C)c1ccc(Br)s1)C(=O)OC(C)(C)C. The average Bonchev–Trinajstić information content (AvgIpc) is 2.87. The summed E-state index contributed by atoms with van der Waals surface area (Å²) >= 11 is 5.19. The van der Waals surface area contributed by atoms with Crippen LogP contribution >= 0.6 is 27.3 Å². The van der Waals surface area contributed by atoms with Gasteiger partial charge in [-0.3, -0.25) is 0 Å². The van der Waals surface area contributed by atoms with Crippen LogP contribution in [0.15, 0.2) is 15.9 Å². The van der Waals surface area contributed by atoms with Crippen LogP contribution in [0, 0.1) is 0 Å². The van der Waals surface area contributed by atoms with Crippen molar-refractivity contribution in [2.75, 3.05) is 33.4 Å². The first-order valence-corrected chi connectivity index (χ1v) is 9.29. The zero-order valence-corrected chi connectivity index (χ0v) is 16.9. The molecule has 5 nitrogen and oxygen atoms in total. The lowest BCUT2D eigenvalue weighted by molar-refractivity contribution is 0.0203. The molecule has 0 radical (unpaired) electrons. The summed E-state index contributed by atoms with van der Waals surface area (Å²) in [5.74, 6) is 0. The molecule has 1 heterocycles. The quantitative estimate of drug-likeness (QED) is 0.707. The first-order chi connectivity index (χ1) is 10.7. The molecule has 1 amide bonds. The fourth-order valence-corrected chi connectivity index (χ4v) is 3.35. The summed E-state index contributed by atoms with van der Waals surface area (Å²) in [7, 11) is 1.63. The molecule has 1 unspecified atom stereocenters. The van der Waals surface area contributed by atoms with Crippen LogP contribution in [0.2, 0.25) is 0 Å². The summed E-state index contributed by atoms with van der Waals surface area (Å²) in [5, 5.41) is 3.44. The zero-order valence-electron chi connectivity index (χ0n) is 14.5. The number of hydrogen-bond donors (Lipinski definition) is 1. The Hall–Kier alpha value is -0.630. The molecular weight excluding hydrogens is 380 g/mol. The van der Waals surface area contributed by atoms with Crippen molar-refractivity contribution in [3.63, 3.8) is 0 Å². The van der Waals surface area contributed by atoms with Crippen LogP contribution in [0.25, 0.3) is 0 Å². The van der Waals surface area contributed by atoms with E-state index in [1.165, 1.54) is 4.88 Å². The molecule has 23 heavy (non-hydrogen) atoms. The smallest absolute Gasteiger partial charge is 0.410 e. The van der Waals surface area contributed by atoms with E-state index in [1.54, 1.807) is 23.3 Å². The number of amides is 1. The third-order valence-corrected chi connectivity index (χ3v) is 4.88. The Morgan fingerprint density at radius 1 is 1.39 bits per heavy atom. The van der Waals surface area contributed by atoms with Crippen LogP contribution in [0.4, 0.5) is 4.79 Å². The Morgan fingerprint density at radius 2 is 2.09 bits per heavy atom. The predicted octanol–water partition coefficient (Wildman–Crippen LogP) is 4.04.